The maximum atomic E-state index is 6.26. The SMILES string of the molecule is CCNC(=S)NN=Cc1cc(Cl)c(OCc2ccccc2)c(Cl)c1. The van der Waals surface area contributed by atoms with Crippen LogP contribution in [-0.4, -0.2) is 17.9 Å². The van der Waals surface area contributed by atoms with Gasteiger partial charge in [-0.1, -0.05) is 53.5 Å². The summed E-state index contributed by atoms with van der Waals surface area (Å²) in [5.74, 6) is 0.454. The van der Waals surface area contributed by atoms with Crippen LogP contribution >= 0.6 is 35.4 Å². The van der Waals surface area contributed by atoms with Crippen molar-refractivity contribution in [2.75, 3.05) is 6.54 Å². The number of nitrogens with zero attached hydrogens (tertiary/aromatic N) is 1. The van der Waals surface area contributed by atoms with Gasteiger partial charge in [-0.25, -0.2) is 0 Å². The first-order valence-corrected chi connectivity index (χ1v) is 8.49. The Morgan fingerprint density at radius 1 is 1.21 bits per heavy atom. The summed E-state index contributed by atoms with van der Waals surface area (Å²) in [5.41, 5.74) is 4.48. The first kappa shape index (κ1) is 18.5. The average Bonchev–Trinajstić information content (AvgIpc) is 2.55. The highest BCUT2D eigenvalue weighted by molar-refractivity contribution is 7.80. The van der Waals surface area contributed by atoms with E-state index in [1.165, 1.54) is 0 Å². The Labute approximate surface area is 156 Å². The fourth-order valence-corrected chi connectivity index (χ4v) is 2.70. The van der Waals surface area contributed by atoms with Gasteiger partial charge in [0, 0.05) is 6.54 Å². The van der Waals surface area contributed by atoms with E-state index in [9.17, 15) is 0 Å². The van der Waals surface area contributed by atoms with Crippen molar-refractivity contribution in [2.24, 2.45) is 5.10 Å². The Bertz CT molecular complexity index is 700. The van der Waals surface area contributed by atoms with Crippen molar-refractivity contribution in [1.82, 2.24) is 10.7 Å². The molecule has 0 heterocycles. The summed E-state index contributed by atoms with van der Waals surface area (Å²) in [6.07, 6.45) is 1.59. The van der Waals surface area contributed by atoms with E-state index in [4.69, 9.17) is 40.2 Å². The molecule has 2 rings (SSSR count). The predicted octanol–water partition coefficient (Wildman–Crippen LogP) is 4.39. The number of benzene rings is 2. The number of nitrogens with one attached hydrogen (secondary N) is 2. The van der Waals surface area contributed by atoms with Crippen molar-refractivity contribution in [3.8, 4) is 5.75 Å². The third kappa shape index (κ3) is 5.67. The largest absolute Gasteiger partial charge is 0.486 e. The van der Waals surface area contributed by atoms with Gasteiger partial charge < -0.3 is 10.1 Å². The lowest BCUT2D eigenvalue weighted by Gasteiger charge is -2.11. The normalized spacial score (nSPS) is 10.6. The predicted molar refractivity (Wildman–Crippen MR) is 104 cm³/mol. The van der Waals surface area contributed by atoms with Gasteiger partial charge in [0.15, 0.2) is 10.9 Å². The van der Waals surface area contributed by atoms with E-state index in [2.05, 4.69) is 15.8 Å². The van der Waals surface area contributed by atoms with Gasteiger partial charge in [-0.05, 0) is 42.4 Å². The van der Waals surface area contributed by atoms with Gasteiger partial charge in [0.05, 0.1) is 16.3 Å². The molecule has 4 nitrogen and oxygen atoms in total. The van der Waals surface area contributed by atoms with Crippen molar-refractivity contribution in [3.63, 3.8) is 0 Å². The minimum Gasteiger partial charge on any atom is -0.486 e. The molecule has 0 spiro atoms. The lowest BCUT2D eigenvalue weighted by molar-refractivity contribution is 0.306. The summed E-state index contributed by atoms with van der Waals surface area (Å²) in [6, 6.07) is 13.3. The third-order valence-corrected chi connectivity index (χ3v) is 3.76. The van der Waals surface area contributed by atoms with Crippen LogP contribution in [0.15, 0.2) is 47.6 Å². The van der Waals surface area contributed by atoms with E-state index in [-0.39, 0.29) is 0 Å². The van der Waals surface area contributed by atoms with Crippen LogP contribution in [-0.2, 0) is 6.61 Å². The minimum atomic E-state index is 0.395. The van der Waals surface area contributed by atoms with Crippen LogP contribution in [0.2, 0.25) is 10.0 Å². The molecular weight excluding hydrogens is 365 g/mol. The number of hydrazone groups is 1. The van der Waals surface area contributed by atoms with Crippen molar-refractivity contribution < 1.29 is 4.74 Å². The van der Waals surface area contributed by atoms with Crippen molar-refractivity contribution >= 4 is 46.7 Å². The lowest BCUT2D eigenvalue weighted by atomic mass is 10.2. The van der Waals surface area contributed by atoms with Gasteiger partial charge in [0.1, 0.15) is 6.61 Å². The minimum absolute atomic E-state index is 0.395. The Morgan fingerprint density at radius 2 is 1.88 bits per heavy atom. The number of ether oxygens (including phenoxy) is 1. The zero-order chi connectivity index (χ0) is 17.4. The molecule has 0 aliphatic carbocycles. The van der Waals surface area contributed by atoms with Gasteiger partial charge in [-0.15, -0.1) is 0 Å². The van der Waals surface area contributed by atoms with E-state index in [0.29, 0.717) is 27.5 Å². The van der Waals surface area contributed by atoms with Gasteiger partial charge in [-0.2, -0.15) is 5.10 Å². The number of hydrogen-bond donors (Lipinski definition) is 2. The number of rotatable bonds is 6. The molecule has 0 bridgehead atoms. The smallest absolute Gasteiger partial charge is 0.186 e. The third-order valence-electron chi connectivity index (χ3n) is 2.96. The highest BCUT2D eigenvalue weighted by Gasteiger charge is 2.09. The maximum absolute atomic E-state index is 6.26. The average molecular weight is 382 g/mol. The molecule has 0 saturated carbocycles. The van der Waals surface area contributed by atoms with Gasteiger partial charge in [0.25, 0.3) is 0 Å². The van der Waals surface area contributed by atoms with Crippen LogP contribution in [0.3, 0.4) is 0 Å². The summed E-state index contributed by atoms with van der Waals surface area (Å²) in [6.45, 7) is 3.07. The molecule has 0 fully saturated rings. The molecule has 0 unspecified atom stereocenters. The fraction of sp³-hybridized carbons (Fsp3) is 0.176. The molecule has 24 heavy (non-hydrogen) atoms. The van der Waals surface area contributed by atoms with Crippen molar-refractivity contribution in [2.45, 2.75) is 13.5 Å². The topological polar surface area (TPSA) is 45.7 Å². The molecule has 0 atom stereocenters. The molecule has 0 saturated heterocycles. The van der Waals surface area contributed by atoms with Crippen LogP contribution in [0.1, 0.15) is 18.1 Å². The van der Waals surface area contributed by atoms with E-state index in [1.807, 2.05) is 37.3 Å². The van der Waals surface area contributed by atoms with Crippen LogP contribution in [0.25, 0.3) is 0 Å². The fourth-order valence-electron chi connectivity index (χ4n) is 1.89. The Morgan fingerprint density at radius 3 is 2.50 bits per heavy atom. The lowest BCUT2D eigenvalue weighted by Crippen LogP contribution is -2.31. The molecule has 7 heteroatoms. The molecule has 0 radical (unpaired) electrons. The quantitative estimate of drug-likeness (QED) is 0.442. The van der Waals surface area contributed by atoms with Gasteiger partial charge in [-0.3, -0.25) is 5.43 Å². The molecule has 0 aromatic heterocycles. The molecule has 126 valence electrons. The summed E-state index contributed by atoms with van der Waals surface area (Å²) in [7, 11) is 0. The summed E-state index contributed by atoms with van der Waals surface area (Å²) in [5, 5.41) is 8.26. The second-order valence-electron chi connectivity index (χ2n) is 4.82. The van der Waals surface area contributed by atoms with E-state index in [0.717, 1.165) is 17.7 Å². The van der Waals surface area contributed by atoms with Crippen molar-refractivity contribution in [1.29, 1.82) is 0 Å². The zero-order valence-corrected chi connectivity index (χ0v) is 15.4. The molecule has 2 aromatic rings. The maximum Gasteiger partial charge on any atom is 0.186 e. The summed E-state index contributed by atoms with van der Waals surface area (Å²) < 4.78 is 5.73. The van der Waals surface area contributed by atoms with E-state index >= 15 is 0 Å². The molecule has 0 amide bonds. The van der Waals surface area contributed by atoms with Crippen LogP contribution in [0, 0.1) is 0 Å². The van der Waals surface area contributed by atoms with Gasteiger partial charge in [0.2, 0.25) is 0 Å². The molecule has 0 aliphatic rings. The zero-order valence-electron chi connectivity index (χ0n) is 13.1. The van der Waals surface area contributed by atoms with Crippen LogP contribution in [0.4, 0.5) is 0 Å². The number of thiocarbonyl (C=S) groups is 1. The second-order valence-corrected chi connectivity index (χ2v) is 6.04. The number of hydrogen-bond acceptors (Lipinski definition) is 3. The van der Waals surface area contributed by atoms with Crippen molar-refractivity contribution in [3.05, 3.63) is 63.6 Å². The van der Waals surface area contributed by atoms with E-state index < -0.39 is 0 Å². The Kier molecular flexibility index (Phi) is 7.31. The first-order chi connectivity index (χ1) is 11.6. The number of halogens is 2. The van der Waals surface area contributed by atoms with Crippen LogP contribution in [0.5, 0.6) is 5.75 Å². The summed E-state index contributed by atoms with van der Waals surface area (Å²) >= 11 is 17.5. The molecule has 2 aromatic carbocycles. The molecular formula is C17H17Cl2N3OS. The molecule has 0 aliphatic heterocycles. The Hall–Kier alpha value is -1.82. The Balaban J connectivity index is 2.02. The monoisotopic (exact) mass is 381 g/mol. The van der Waals surface area contributed by atoms with Gasteiger partial charge >= 0.3 is 0 Å². The summed E-state index contributed by atoms with van der Waals surface area (Å²) in [4.78, 5) is 0. The molecule has 2 N–H and O–H groups in total. The standard InChI is InChI=1S/C17H17Cl2N3OS/c1-2-20-17(24)22-21-10-13-8-14(18)16(15(19)9-13)23-11-12-6-4-3-5-7-12/h3-10H,2,11H2,1H3,(H2,20,22,24). The first-order valence-electron chi connectivity index (χ1n) is 7.32. The highest BCUT2D eigenvalue weighted by atomic mass is 35.5. The van der Waals surface area contributed by atoms with Crippen LogP contribution < -0.4 is 15.5 Å². The highest BCUT2D eigenvalue weighted by Crippen LogP contribution is 2.34. The second kappa shape index (κ2) is 9.47. The van der Waals surface area contributed by atoms with E-state index in [1.54, 1.807) is 18.3 Å².